The Labute approximate surface area is 173 Å². The summed E-state index contributed by atoms with van der Waals surface area (Å²) >= 11 is 0. The van der Waals surface area contributed by atoms with E-state index in [2.05, 4.69) is 15.5 Å². The number of imidazole rings is 1. The fraction of sp³-hybridized carbons (Fsp3) is 0.0870. The van der Waals surface area contributed by atoms with Gasteiger partial charge in [-0.15, -0.1) is 0 Å². The van der Waals surface area contributed by atoms with Gasteiger partial charge in [-0.25, -0.2) is 15.2 Å². The molecule has 0 unspecified atom stereocenters. The summed E-state index contributed by atoms with van der Waals surface area (Å²) in [5.41, 5.74) is 6.03. The molecule has 0 aliphatic heterocycles. The summed E-state index contributed by atoms with van der Waals surface area (Å²) in [6, 6.07) is 24.4. The third-order valence-corrected chi connectivity index (χ3v) is 4.67. The van der Waals surface area contributed by atoms with Crippen molar-refractivity contribution in [3.05, 3.63) is 90.0 Å². The lowest BCUT2D eigenvalue weighted by Gasteiger charge is -2.10. The van der Waals surface area contributed by atoms with Gasteiger partial charge in [0.25, 0.3) is 0 Å². The molecule has 0 fully saturated rings. The molecule has 0 saturated carbocycles. The van der Waals surface area contributed by atoms with Gasteiger partial charge in [0.15, 0.2) is 5.71 Å². The number of nitrogens with one attached hydrogen (secondary N) is 1. The van der Waals surface area contributed by atoms with Crippen molar-refractivity contribution in [3.63, 3.8) is 0 Å². The Bertz CT molecular complexity index is 1200. The Hall–Kier alpha value is -4.13. The molecule has 0 spiro atoms. The topological polar surface area (TPSA) is 88.7 Å². The summed E-state index contributed by atoms with van der Waals surface area (Å²) < 4.78 is 7.10. The number of aromatic nitrogens is 2. The summed E-state index contributed by atoms with van der Waals surface area (Å²) in [6.45, 7) is 0.574. The summed E-state index contributed by atoms with van der Waals surface area (Å²) in [6.07, 6.45) is 0. The van der Waals surface area contributed by atoms with E-state index in [0.29, 0.717) is 23.8 Å². The molecule has 1 aromatic heterocycles. The van der Waals surface area contributed by atoms with Gasteiger partial charge >= 0.3 is 5.97 Å². The summed E-state index contributed by atoms with van der Waals surface area (Å²) in [5, 5.41) is 13.8. The molecule has 0 aliphatic carbocycles. The molecular formula is C23H20N4O3. The zero-order valence-corrected chi connectivity index (χ0v) is 16.3. The van der Waals surface area contributed by atoms with Gasteiger partial charge in [-0.2, -0.15) is 5.10 Å². The summed E-state index contributed by atoms with van der Waals surface area (Å²) in [5.74, 6) is -0.0354. The van der Waals surface area contributed by atoms with E-state index in [4.69, 9.17) is 4.74 Å². The highest BCUT2D eigenvalue weighted by Crippen LogP contribution is 2.21. The van der Waals surface area contributed by atoms with Crippen LogP contribution in [0.1, 0.15) is 11.1 Å². The zero-order chi connectivity index (χ0) is 20.9. The molecule has 0 atom stereocenters. The van der Waals surface area contributed by atoms with Gasteiger partial charge in [0.2, 0.25) is 5.95 Å². The predicted molar refractivity (Wildman–Crippen MR) is 116 cm³/mol. The molecule has 0 saturated heterocycles. The number of hydrogen-bond acceptors (Lipinski definition) is 5. The minimum Gasteiger partial charge on any atom is -0.497 e. The molecule has 0 amide bonds. The Kier molecular flexibility index (Phi) is 5.43. The highest BCUT2D eigenvalue weighted by molar-refractivity contribution is 6.42. The minimum atomic E-state index is -1.14. The number of rotatable bonds is 7. The average Bonchev–Trinajstić information content (AvgIpc) is 3.12. The molecule has 7 nitrogen and oxygen atoms in total. The van der Waals surface area contributed by atoms with Crippen LogP contribution in [0.4, 0.5) is 5.95 Å². The van der Waals surface area contributed by atoms with Crippen molar-refractivity contribution >= 4 is 28.7 Å². The molecule has 0 radical (unpaired) electrons. The van der Waals surface area contributed by atoms with E-state index in [-0.39, 0.29) is 5.71 Å². The number of aliphatic carboxylic acids is 1. The zero-order valence-electron chi connectivity index (χ0n) is 16.3. The standard InChI is InChI=1S/C23H20N4O3/c1-30-18-13-11-17(12-14-18)21(22(28)29)25-26-23-24-19-9-5-6-10-20(19)27(23)15-16-7-3-2-4-8-16/h2-14H,15H2,1H3,(H,24,26)(H,28,29)/b25-21+. The maximum absolute atomic E-state index is 11.8. The van der Waals surface area contributed by atoms with Crippen molar-refractivity contribution in [1.29, 1.82) is 0 Å². The molecule has 4 aromatic rings. The van der Waals surface area contributed by atoms with Gasteiger partial charge in [0.05, 0.1) is 24.7 Å². The van der Waals surface area contributed by atoms with E-state index < -0.39 is 5.97 Å². The lowest BCUT2D eigenvalue weighted by atomic mass is 10.1. The van der Waals surface area contributed by atoms with Crippen molar-refractivity contribution in [2.45, 2.75) is 6.54 Å². The van der Waals surface area contributed by atoms with Crippen LogP contribution in [0.5, 0.6) is 5.75 Å². The molecule has 0 bridgehead atoms. The third kappa shape index (κ3) is 4.00. The van der Waals surface area contributed by atoms with Gasteiger partial charge in [-0.05, 0) is 42.0 Å². The van der Waals surface area contributed by atoms with Crippen molar-refractivity contribution in [3.8, 4) is 5.75 Å². The molecular weight excluding hydrogens is 380 g/mol. The first kappa shape index (κ1) is 19.2. The van der Waals surface area contributed by atoms with Crippen molar-refractivity contribution in [2.75, 3.05) is 12.5 Å². The van der Waals surface area contributed by atoms with Crippen molar-refractivity contribution in [1.82, 2.24) is 9.55 Å². The lowest BCUT2D eigenvalue weighted by Crippen LogP contribution is -2.17. The van der Waals surface area contributed by atoms with Crippen LogP contribution in [0.3, 0.4) is 0 Å². The monoisotopic (exact) mass is 400 g/mol. The number of nitrogens with zero attached hydrogens (tertiary/aromatic N) is 3. The van der Waals surface area contributed by atoms with Gasteiger partial charge in [0, 0.05) is 5.56 Å². The molecule has 4 rings (SSSR count). The first-order chi connectivity index (χ1) is 14.7. The van der Waals surface area contributed by atoms with Gasteiger partial charge in [0.1, 0.15) is 5.75 Å². The van der Waals surface area contributed by atoms with Gasteiger partial charge in [-0.3, -0.25) is 0 Å². The van der Waals surface area contributed by atoms with Crippen LogP contribution in [0.25, 0.3) is 11.0 Å². The first-order valence-corrected chi connectivity index (χ1v) is 9.36. The number of ether oxygens (including phenoxy) is 1. The van der Waals surface area contributed by atoms with Crippen LogP contribution in [-0.2, 0) is 11.3 Å². The number of hydrogen-bond donors (Lipinski definition) is 2. The van der Waals surface area contributed by atoms with Gasteiger partial charge in [-0.1, -0.05) is 42.5 Å². The molecule has 1 heterocycles. The number of benzene rings is 3. The Balaban J connectivity index is 1.71. The largest absolute Gasteiger partial charge is 0.497 e. The third-order valence-electron chi connectivity index (χ3n) is 4.67. The molecule has 150 valence electrons. The Morgan fingerprint density at radius 3 is 2.43 bits per heavy atom. The molecule has 2 N–H and O–H groups in total. The number of fused-ring (bicyclic) bond motifs is 1. The number of anilines is 1. The number of carbonyl (C=O) groups is 1. The quantitative estimate of drug-likeness (QED) is 0.362. The number of carboxylic acids is 1. The smallest absolute Gasteiger partial charge is 0.356 e. The fourth-order valence-electron chi connectivity index (χ4n) is 3.18. The van der Waals surface area contributed by atoms with E-state index >= 15 is 0 Å². The lowest BCUT2D eigenvalue weighted by molar-refractivity contribution is -0.129. The van der Waals surface area contributed by atoms with E-state index in [0.717, 1.165) is 16.6 Å². The number of methoxy groups -OCH3 is 1. The van der Waals surface area contributed by atoms with E-state index in [1.807, 2.05) is 59.2 Å². The highest BCUT2D eigenvalue weighted by atomic mass is 16.5. The van der Waals surface area contributed by atoms with Crippen molar-refractivity contribution < 1.29 is 14.6 Å². The summed E-state index contributed by atoms with van der Waals surface area (Å²) in [4.78, 5) is 16.4. The second-order valence-corrected chi connectivity index (χ2v) is 6.60. The summed E-state index contributed by atoms with van der Waals surface area (Å²) in [7, 11) is 1.56. The molecule has 7 heteroatoms. The average molecular weight is 400 g/mol. The Morgan fingerprint density at radius 1 is 1.03 bits per heavy atom. The normalized spacial score (nSPS) is 11.4. The molecule has 0 aliphatic rings. The Morgan fingerprint density at radius 2 is 1.73 bits per heavy atom. The van der Waals surface area contributed by atoms with Crippen LogP contribution in [0.2, 0.25) is 0 Å². The first-order valence-electron chi connectivity index (χ1n) is 9.36. The number of carboxylic acid groups (broad SMARTS) is 1. The van der Waals surface area contributed by atoms with Crippen molar-refractivity contribution in [2.24, 2.45) is 5.10 Å². The van der Waals surface area contributed by atoms with E-state index in [1.165, 1.54) is 0 Å². The van der Waals surface area contributed by atoms with Crippen LogP contribution in [-0.4, -0.2) is 33.4 Å². The fourth-order valence-corrected chi connectivity index (χ4v) is 3.18. The van der Waals surface area contributed by atoms with Crippen LogP contribution >= 0.6 is 0 Å². The SMILES string of the molecule is COc1ccc(/C(=N\Nc2nc3ccccc3n2Cc2ccccc2)C(=O)O)cc1. The maximum atomic E-state index is 11.8. The van der Waals surface area contributed by atoms with Crippen LogP contribution in [0, 0.1) is 0 Å². The highest BCUT2D eigenvalue weighted by Gasteiger charge is 2.15. The second kappa shape index (κ2) is 8.48. The minimum absolute atomic E-state index is 0.115. The predicted octanol–water partition coefficient (Wildman–Crippen LogP) is 3.99. The number of hydrazone groups is 1. The molecule has 3 aromatic carbocycles. The van der Waals surface area contributed by atoms with E-state index in [1.54, 1.807) is 31.4 Å². The van der Waals surface area contributed by atoms with Gasteiger partial charge < -0.3 is 14.4 Å². The van der Waals surface area contributed by atoms with Crippen LogP contribution in [0.15, 0.2) is 84.0 Å². The number of para-hydroxylation sites is 2. The maximum Gasteiger partial charge on any atom is 0.356 e. The van der Waals surface area contributed by atoms with Crippen LogP contribution < -0.4 is 10.2 Å². The molecule has 30 heavy (non-hydrogen) atoms. The van der Waals surface area contributed by atoms with E-state index in [9.17, 15) is 9.90 Å². The second-order valence-electron chi connectivity index (χ2n) is 6.60.